The molecule has 0 radical (unpaired) electrons. The van der Waals surface area contributed by atoms with Crippen molar-refractivity contribution < 1.29 is 23.9 Å². The van der Waals surface area contributed by atoms with Crippen molar-refractivity contribution in [2.24, 2.45) is 5.73 Å². The fourth-order valence-electron chi connectivity index (χ4n) is 4.82. The third-order valence-corrected chi connectivity index (χ3v) is 6.68. The van der Waals surface area contributed by atoms with Crippen LogP contribution in [0.25, 0.3) is 10.8 Å². The van der Waals surface area contributed by atoms with Gasteiger partial charge in [0.2, 0.25) is 11.8 Å². The average molecular weight is 561 g/mol. The fourth-order valence-corrected chi connectivity index (χ4v) is 4.82. The largest absolute Gasteiger partial charge is 0.444 e. The maximum Gasteiger partial charge on any atom is 0.408 e. The van der Waals surface area contributed by atoms with Gasteiger partial charge in [0.25, 0.3) is 5.91 Å². The molecule has 0 fully saturated rings. The molecule has 2 unspecified atom stereocenters. The second-order valence-electron chi connectivity index (χ2n) is 11.1. The number of hydrogen-bond acceptors (Lipinski definition) is 5. The molecule has 0 aromatic heterocycles. The van der Waals surface area contributed by atoms with Gasteiger partial charge >= 0.3 is 6.09 Å². The van der Waals surface area contributed by atoms with Crippen LogP contribution in [0.2, 0.25) is 0 Å². The van der Waals surface area contributed by atoms with E-state index in [2.05, 4.69) is 10.6 Å². The first-order chi connectivity index (χ1) is 19.3. The Labute approximate surface area is 241 Å². The maximum absolute atomic E-state index is 14.1. The Hall–Kier alpha value is -4.40. The average Bonchev–Trinajstić information content (AvgIpc) is 2.89. The highest BCUT2D eigenvalue weighted by molar-refractivity contribution is 6.00. The number of primary amides is 1. The van der Waals surface area contributed by atoms with Crippen molar-refractivity contribution in [3.05, 3.63) is 77.4 Å². The Morgan fingerprint density at radius 1 is 0.927 bits per heavy atom. The topological polar surface area (TPSA) is 131 Å². The third-order valence-electron chi connectivity index (χ3n) is 6.68. The Kier molecular flexibility index (Phi) is 10.1. The van der Waals surface area contributed by atoms with Crippen LogP contribution in [0.1, 0.15) is 63.3 Å². The number of nitrogens with zero attached hydrogens (tertiary/aromatic N) is 1. The van der Waals surface area contributed by atoms with Crippen LogP contribution in [0, 0.1) is 13.8 Å². The van der Waals surface area contributed by atoms with Crippen molar-refractivity contribution >= 4 is 40.3 Å². The molecule has 0 bridgehead atoms. The number of rotatable bonds is 10. The van der Waals surface area contributed by atoms with Gasteiger partial charge in [0.1, 0.15) is 17.7 Å². The molecule has 0 saturated heterocycles. The van der Waals surface area contributed by atoms with Crippen LogP contribution >= 0.6 is 0 Å². The lowest BCUT2D eigenvalue weighted by Gasteiger charge is -2.35. The summed E-state index contributed by atoms with van der Waals surface area (Å²) in [5.74, 6) is -1.54. The monoisotopic (exact) mass is 560 g/mol. The van der Waals surface area contributed by atoms with Gasteiger partial charge in [0.05, 0.1) is 0 Å². The van der Waals surface area contributed by atoms with E-state index < -0.39 is 41.5 Å². The van der Waals surface area contributed by atoms with Crippen LogP contribution in [0.3, 0.4) is 0 Å². The van der Waals surface area contributed by atoms with E-state index in [4.69, 9.17) is 10.5 Å². The normalized spacial score (nSPS) is 12.7. The molecule has 0 saturated carbocycles. The number of ether oxygens (including phenoxy) is 1. The number of fused-ring (bicyclic) bond motifs is 1. The van der Waals surface area contributed by atoms with Crippen LogP contribution in [0.15, 0.2) is 60.7 Å². The molecule has 9 heteroatoms. The molecule has 0 heterocycles. The molecule has 0 aliphatic rings. The van der Waals surface area contributed by atoms with E-state index in [0.717, 1.165) is 21.9 Å². The van der Waals surface area contributed by atoms with Crippen molar-refractivity contribution in [1.29, 1.82) is 0 Å². The van der Waals surface area contributed by atoms with Crippen molar-refractivity contribution in [2.75, 3.05) is 11.9 Å². The molecule has 3 rings (SSSR count). The molecule has 0 spiro atoms. The highest BCUT2D eigenvalue weighted by Crippen LogP contribution is 2.30. The molecule has 0 aliphatic heterocycles. The summed E-state index contributed by atoms with van der Waals surface area (Å²) in [5.41, 5.74) is 7.52. The second kappa shape index (κ2) is 13.3. The lowest BCUT2D eigenvalue weighted by atomic mass is 9.93. The minimum Gasteiger partial charge on any atom is -0.444 e. The zero-order valence-corrected chi connectivity index (χ0v) is 24.6. The summed E-state index contributed by atoms with van der Waals surface area (Å²) in [4.78, 5) is 53.9. The smallest absolute Gasteiger partial charge is 0.408 e. The third kappa shape index (κ3) is 8.30. The van der Waals surface area contributed by atoms with Crippen LogP contribution in [-0.2, 0) is 19.1 Å². The first-order valence-electron chi connectivity index (χ1n) is 13.7. The van der Waals surface area contributed by atoms with Gasteiger partial charge in [-0.15, -0.1) is 0 Å². The zero-order chi connectivity index (χ0) is 30.3. The van der Waals surface area contributed by atoms with Crippen LogP contribution < -0.4 is 16.4 Å². The summed E-state index contributed by atoms with van der Waals surface area (Å²) in [7, 11) is 0. The van der Waals surface area contributed by atoms with Crippen molar-refractivity contribution in [1.82, 2.24) is 10.2 Å². The molecular weight excluding hydrogens is 520 g/mol. The summed E-state index contributed by atoms with van der Waals surface area (Å²) in [6, 6.07) is 17.0. The van der Waals surface area contributed by atoms with E-state index >= 15 is 0 Å². The van der Waals surface area contributed by atoms with Gasteiger partial charge in [-0.05, 0) is 87.6 Å². The molecular formula is C32H40N4O5. The van der Waals surface area contributed by atoms with Crippen LogP contribution in [0.4, 0.5) is 10.5 Å². The number of nitrogens with two attached hydrogens (primary N) is 1. The molecule has 4 amide bonds. The standard InChI is InChI=1S/C32H40N4O5/c1-7-36(30(39)25(17-18-26(33)37)35-31(40)41-32(4,5)6)28(27-20(2)11-10-12-21(27)3)29(38)34-24-16-15-22-13-8-9-14-23(22)19-24/h8-16,19,25,28H,7,17-18H2,1-6H3,(H2,33,37)(H,34,38)(H,35,40). The molecule has 4 N–H and O–H groups in total. The Balaban J connectivity index is 2.02. The number of carbonyl (C=O) groups is 4. The first kappa shape index (κ1) is 31.1. The Bertz CT molecular complexity index is 1410. The summed E-state index contributed by atoms with van der Waals surface area (Å²) in [5, 5.41) is 7.59. The summed E-state index contributed by atoms with van der Waals surface area (Å²) in [6.45, 7) is 10.8. The van der Waals surface area contributed by atoms with Gasteiger partial charge in [0.15, 0.2) is 0 Å². The number of alkyl carbamates (subject to hydrolysis) is 1. The van der Waals surface area contributed by atoms with E-state index in [0.29, 0.717) is 11.3 Å². The minimum atomic E-state index is -1.14. The lowest BCUT2D eigenvalue weighted by molar-refractivity contribution is -0.140. The number of carbonyl (C=O) groups excluding carboxylic acids is 4. The second-order valence-corrected chi connectivity index (χ2v) is 11.1. The molecule has 9 nitrogen and oxygen atoms in total. The van der Waals surface area contributed by atoms with Crippen LogP contribution in [0.5, 0.6) is 0 Å². The minimum absolute atomic E-state index is 0.0460. The van der Waals surface area contributed by atoms with Gasteiger partial charge < -0.3 is 26.0 Å². The van der Waals surface area contributed by atoms with Crippen LogP contribution in [-0.4, -0.2) is 46.9 Å². The predicted octanol–water partition coefficient (Wildman–Crippen LogP) is 5.14. The van der Waals surface area contributed by atoms with E-state index in [1.807, 2.05) is 74.5 Å². The molecule has 218 valence electrons. The summed E-state index contributed by atoms with van der Waals surface area (Å²) >= 11 is 0. The first-order valence-corrected chi connectivity index (χ1v) is 13.7. The highest BCUT2D eigenvalue weighted by Gasteiger charge is 2.37. The highest BCUT2D eigenvalue weighted by atomic mass is 16.6. The SMILES string of the molecule is CCN(C(=O)C(CCC(N)=O)NC(=O)OC(C)(C)C)C(C(=O)Nc1ccc2ccccc2c1)c1c(C)cccc1C. The molecule has 41 heavy (non-hydrogen) atoms. The van der Waals surface area contributed by atoms with E-state index in [9.17, 15) is 19.2 Å². The van der Waals surface area contributed by atoms with Gasteiger partial charge in [-0.1, -0.05) is 48.5 Å². The van der Waals surface area contributed by atoms with Gasteiger partial charge in [-0.3, -0.25) is 14.4 Å². The number of likely N-dealkylation sites (N-methyl/N-ethyl adjacent to an activating group) is 1. The fraction of sp³-hybridized carbons (Fsp3) is 0.375. The zero-order valence-electron chi connectivity index (χ0n) is 24.6. The quantitative estimate of drug-likeness (QED) is 0.316. The predicted molar refractivity (Wildman–Crippen MR) is 160 cm³/mol. The maximum atomic E-state index is 14.1. The van der Waals surface area contributed by atoms with Crippen molar-refractivity contribution in [2.45, 2.75) is 72.1 Å². The molecule has 2 atom stereocenters. The molecule has 0 aliphatic carbocycles. The number of anilines is 1. The molecule has 3 aromatic rings. The van der Waals surface area contributed by atoms with Gasteiger partial charge in [0, 0.05) is 18.7 Å². The van der Waals surface area contributed by atoms with Gasteiger partial charge in [-0.25, -0.2) is 4.79 Å². The van der Waals surface area contributed by atoms with Crippen molar-refractivity contribution in [3.8, 4) is 0 Å². The number of hydrogen-bond donors (Lipinski definition) is 3. The van der Waals surface area contributed by atoms with E-state index in [-0.39, 0.29) is 19.4 Å². The number of benzene rings is 3. The lowest BCUT2D eigenvalue weighted by Crippen LogP contribution is -2.52. The Morgan fingerprint density at radius 2 is 1.56 bits per heavy atom. The summed E-state index contributed by atoms with van der Waals surface area (Å²) in [6.07, 6.45) is -0.989. The number of nitrogens with one attached hydrogen (secondary N) is 2. The van der Waals surface area contributed by atoms with Crippen molar-refractivity contribution in [3.63, 3.8) is 0 Å². The Morgan fingerprint density at radius 3 is 2.15 bits per heavy atom. The molecule has 3 aromatic carbocycles. The van der Waals surface area contributed by atoms with Gasteiger partial charge in [-0.2, -0.15) is 0 Å². The van der Waals surface area contributed by atoms with E-state index in [1.165, 1.54) is 4.90 Å². The summed E-state index contributed by atoms with van der Waals surface area (Å²) < 4.78 is 5.37. The number of amides is 4. The number of aryl methyl sites for hydroxylation is 2. The van der Waals surface area contributed by atoms with E-state index in [1.54, 1.807) is 27.7 Å².